The van der Waals surface area contributed by atoms with Crippen molar-refractivity contribution in [1.29, 1.82) is 0 Å². The van der Waals surface area contributed by atoms with E-state index >= 15 is 0 Å². The highest BCUT2D eigenvalue weighted by Gasteiger charge is 2.01. The number of benzene rings is 1. The molecule has 4 N–H and O–H groups in total. The number of nitrogens with zero attached hydrogens (tertiary/aromatic N) is 3. The topological polar surface area (TPSA) is 82.2 Å². The molecule has 0 aliphatic rings. The molecule has 0 atom stereocenters. The van der Waals surface area contributed by atoms with Gasteiger partial charge in [0.25, 0.3) is 0 Å². The molecule has 0 aliphatic carbocycles. The Kier molecular flexibility index (Phi) is 2.59. The lowest BCUT2D eigenvalue weighted by molar-refractivity contribution is 0.879. The first-order valence-electron chi connectivity index (χ1n) is 4.87. The van der Waals surface area contributed by atoms with Gasteiger partial charge in [-0.3, -0.25) is 0 Å². The zero-order chi connectivity index (χ0) is 11.5. The lowest BCUT2D eigenvalue weighted by Crippen LogP contribution is -2.22. The van der Waals surface area contributed by atoms with E-state index in [0.29, 0.717) is 0 Å². The molecule has 2 rings (SSSR count). The third-order valence-corrected chi connectivity index (χ3v) is 2.20. The van der Waals surface area contributed by atoms with Gasteiger partial charge in [0.2, 0.25) is 0 Å². The van der Waals surface area contributed by atoms with Crippen LogP contribution in [0.5, 0.6) is 0 Å². The van der Waals surface area contributed by atoms with Gasteiger partial charge < -0.3 is 11.5 Å². The van der Waals surface area contributed by atoms with Crippen molar-refractivity contribution in [3.63, 3.8) is 0 Å². The number of rotatable bonds is 2. The first-order chi connectivity index (χ1) is 7.66. The molecule has 0 aliphatic heterocycles. The zero-order valence-corrected chi connectivity index (χ0v) is 8.96. The van der Waals surface area contributed by atoms with Crippen LogP contribution in [-0.4, -0.2) is 15.7 Å². The molecule has 0 unspecified atom stereocenters. The van der Waals surface area contributed by atoms with E-state index in [4.69, 9.17) is 11.5 Å². The highest BCUT2D eigenvalue weighted by atomic mass is 15.3. The molecule has 5 nitrogen and oxygen atoms in total. The minimum Gasteiger partial charge on any atom is -0.370 e. The maximum Gasteiger partial charge on any atom is 0.191 e. The minimum atomic E-state index is 0.0648. The Morgan fingerprint density at radius 1 is 1.38 bits per heavy atom. The second kappa shape index (κ2) is 4.06. The van der Waals surface area contributed by atoms with Gasteiger partial charge in [-0.1, -0.05) is 0 Å². The van der Waals surface area contributed by atoms with Gasteiger partial charge >= 0.3 is 0 Å². The van der Waals surface area contributed by atoms with Crippen molar-refractivity contribution in [1.82, 2.24) is 9.78 Å². The van der Waals surface area contributed by atoms with Gasteiger partial charge in [-0.15, -0.1) is 0 Å². The molecular formula is C11H13N5. The minimum absolute atomic E-state index is 0.0648. The SMILES string of the molecule is Cc1cc(-n2cccn2)ccc1N=C(N)N. The van der Waals surface area contributed by atoms with Crippen LogP contribution in [-0.2, 0) is 0 Å². The summed E-state index contributed by atoms with van der Waals surface area (Å²) in [5, 5.41) is 4.15. The molecule has 2 aromatic rings. The van der Waals surface area contributed by atoms with Gasteiger partial charge in [0.1, 0.15) is 0 Å². The number of guanidine groups is 1. The van der Waals surface area contributed by atoms with Crippen LogP contribution in [0.1, 0.15) is 5.56 Å². The molecule has 0 saturated heterocycles. The molecular weight excluding hydrogens is 202 g/mol. The first-order valence-corrected chi connectivity index (χ1v) is 4.87. The van der Waals surface area contributed by atoms with Crippen LogP contribution in [0.4, 0.5) is 5.69 Å². The molecule has 1 aromatic carbocycles. The number of hydrogen-bond acceptors (Lipinski definition) is 2. The van der Waals surface area contributed by atoms with Crippen LogP contribution < -0.4 is 11.5 Å². The number of aliphatic imine (C=N–C) groups is 1. The highest BCUT2D eigenvalue weighted by molar-refractivity contribution is 5.79. The van der Waals surface area contributed by atoms with E-state index in [0.717, 1.165) is 16.9 Å². The largest absolute Gasteiger partial charge is 0.370 e. The monoisotopic (exact) mass is 215 g/mol. The molecule has 0 radical (unpaired) electrons. The average Bonchev–Trinajstić information content (AvgIpc) is 2.73. The quantitative estimate of drug-likeness (QED) is 0.581. The van der Waals surface area contributed by atoms with Gasteiger partial charge in [-0.2, -0.15) is 5.10 Å². The number of aromatic nitrogens is 2. The molecule has 0 amide bonds. The third-order valence-electron chi connectivity index (χ3n) is 2.20. The molecule has 82 valence electrons. The summed E-state index contributed by atoms with van der Waals surface area (Å²) in [6, 6.07) is 7.64. The Labute approximate surface area is 93.4 Å². The second-order valence-corrected chi connectivity index (χ2v) is 3.46. The van der Waals surface area contributed by atoms with E-state index in [-0.39, 0.29) is 5.96 Å². The number of aryl methyl sites for hydroxylation is 1. The van der Waals surface area contributed by atoms with Crippen molar-refractivity contribution in [2.24, 2.45) is 16.5 Å². The first kappa shape index (κ1) is 10.2. The van der Waals surface area contributed by atoms with Crippen molar-refractivity contribution >= 4 is 11.6 Å². The van der Waals surface area contributed by atoms with Crippen molar-refractivity contribution in [2.45, 2.75) is 6.92 Å². The van der Waals surface area contributed by atoms with Gasteiger partial charge in [-0.25, -0.2) is 9.67 Å². The summed E-state index contributed by atoms with van der Waals surface area (Å²) in [6.45, 7) is 1.95. The summed E-state index contributed by atoms with van der Waals surface area (Å²) >= 11 is 0. The van der Waals surface area contributed by atoms with Crippen LogP contribution in [0.25, 0.3) is 5.69 Å². The van der Waals surface area contributed by atoms with E-state index in [9.17, 15) is 0 Å². The summed E-state index contributed by atoms with van der Waals surface area (Å²) in [7, 11) is 0. The Morgan fingerprint density at radius 2 is 2.19 bits per heavy atom. The van der Waals surface area contributed by atoms with Crippen molar-refractivity contribution in [3.05, 3.63) is 42.2 Å². The Morgan fingerprint density at radius 3 is 2.75 bits per heavy atom. The standard InChI is InChI=1S/C11H13N5/c1-8-7-9(16-6-2-5-14-16)3-4-10(8)15-11(12)13/h2-7H,1H3,(H4,12,13,15). The summed E-state index contributed by atoms with van der Waals surface area (Å²) in [4.78, 5) is 4.02. The fourth-order valence-electron chi connectivity index (χ4n) is 1.47. The molecule has 16 heavy (non-hydrogen) atoms. The van der Waals surface area contributed by atoms with Crippen LogP contribution in [0.2, 0.25) is 0 Å². The Hall–Kier alpha value is -2.30. The average molecular weight is 215 g/mol. The number of nitrogens with two attached hydrogens (primary N) is 2. The molecule has 0 saturated carbocycles. The van der Waals surface area contributed by atoms with Gasteiger partial charge in [0.15, 0.2) is 5.96 Å². The van der Waals surface area contributed by atoms with Crippen molar-refractivity contribution in [2.75, 3.05) is 0 Å². The molecule has 1 heterocycles. The van der Waals surface area contributed by atoms with Crippen LogP contribution in [0.15, 0.2) is 41.7 Å². The molecule has 0 bridgehead atoms. The normalized spacial score (nSPS) is 10.1. The van der Waals surface area contributed by atoms with E-state index in [1.165, 1.54) is 0 Å². The Bertz CT molecular complexity index is 509. The van der Waals surface area contributed by atoms with E-state index < -0.39 is 0 Å². The van der Waals surface area contributed by atoms with E-state index in [2.05, 4.69) is 10.1 Å². The predicted octanol–water partition coefficient (Wildman–Crippen LogP) is 1.09. The molecule has 5 heteroatoms. The third kappa shape index (κ3) is 2.03. The maximum absolute atomic E-state index is 5.34. The van der Waals surface area contributed by atoms with Crippen LogP contribution in [0, 0.1) is 6.92 Å². The second-order valence-electron chi connectivity index (χ2n) is 3.46. The van der Waals surface area contributed by atoms with E-state index in [1.54, 1.807) is 10.9 Å². The summed E-state index contributed by atoms with van der Waals surface area (Å²) in [5.74, 6) is 0.0648. The molecule has 0 fully saturated rings. The van der Waals surface area contributed by atoms with Crippen LogP contribution in [0.3, 0.4) is 0 Å². The van der Waals surface area contributed by atoms with Crippen molar-refractivity contribution in [3.8, 4) is 5.69 Å². The fraction of sp³-hybridized carbons (Fsp3) is 0.0909. The molecule has 1 aromatic heterocycles. The van der Waals surface area contributed by atoms with Crippen molar-refractivity contribution < 1.29 is 0 Å². The zero-order valence-electron chi connectivity index (χ0n) is 8.96. The summed E-state index contributed by atoms with van der Waals surface area (Å²) in [5.41, 5.74) is 13.4. The Balaban J connectivity index is 2.41. The summed E-state index contributed by atoms with van der Waals surface area (Å²) < 4.78 is 1.78. The van der Waals surface area contributed by atoms with Gasteiger partial charge in [-0.05, 0) is 36.8 Å². The summed E-state index contributed by atoms with van der Waals surface area (Å²) in [6.07, 6.45) is 3.62. The number of hydrogen-bond donors (Lipinski definition) is 2. The van der Waals surface area contributed by atoms with Gasteiger partial charge in [0.05, 0.1) is 11.4 Å². The van der Waals surface area contributed by atoms with E-state index in [1.807, 2.05) is 37.4 Å². The highest BCUT2D eigenvalue weighted by Crippen LogP contribution is 2.21. The predicted molar refractivity (Wildman–Crippen MR) is 63.8 cm³/mol. The lowest BCUT2D eigenvalue weighted by atomic mass is 10.2. The fourth-order valence-corrected chi connectivity index (χ4v) is 1.47. The smallest absolute Gasteiger partial charge is 0.191 e. The lowest BCUT2D eigenvalue weighted by Gasteiger charge is -2.05. The van der Waals surface area contributed by atoms with Crippen LogP contribution >= 0.6 is 0 Å². The molecule has 0 spiro atoms. The maximum atomic E-state index is 5.34. The van der Waals surface area contributed by atoms with Gasteiger partial charge in [0, 0.05) is 12.4 Å².